The van der Waals surface area contributed by atoms with Gasteiger partial charge in [-0.05, 0) is 38.5 Å². The van der Waals surface area contributed by atoms with Crippen molar-refractivity contribution in [1.29, 1.82) is 0 Å². The van der Waals surface area contributed by atoms with Crippen LogP contribution in [0.15, 0.2) is 12.2 Å². The van der Waals surface area contributed by atoms with Crippen LogP contribution in [0.2, 0.25) is 0 Å². The molecule has 1 amide bonds. The predicted octanol–water partition coefficient (Wildman–Crippen LogP) is 15.4. The van der Waals surface area contributed by atoms with Gasteiger partial charge in [0.1, 0.15) is 48.8 Å². The molecule has 12 atom stereocenters. The molecule has 2 aliphatic heterocycles. The average molecular weight is 1230 g/mol. The normalized spacial score (nSPS) is 23.4. The predicted molar refractivity (Wildman–Crippen MR) is 351 cm³/mol. The zero-order valence-corrected chi connectivity index (χ0v) is 55.6. The molecule has 2 fully saturated rings. The summed E-state index contributed by atoms with van der Waals surface area (Å²) in [6, 6.07) is -0.829. The minimum Gasteiger partial charge on any atom is -0.394 e. The number of carbonyl (C=O) groups is 1. The average Bonchev–Trinajstić information content (AvgIpc) is 2.54. The molecule has 0 radical (unpaired) electrons. The molecule has 0 aromatic carbocycles. The third kappa shape index (κ3) is 41.3. The van der Waals surface area contributed by atoms with Crippen LogP contribution in [-0.4, -0.2) is 140 Å². The molecule has 0 aromatic heterocycles. The van der Waals surface area contributed by atoms with Gasteiger partial charge in [0.25, 0.3) is 0 Å². The fraction of sp³-hybridized carbons (Fsp3) is 0.958. The fourth-order valence-corrected chi connectivity index (χ4v) is 12.6. The van der Waals surface area contributed by atoms with Crippen LogP contribution < -0.4 is 5.32 Å². The van der Waals surface area contributed by atoms with E-state index in [1.165, 1.54) is 270 Å². The van der Waals surface area contributed by atoms with Crippen LogP contribution in [0.25, 0.3) is 0 Å². The van der Waals surface area contributed by atoms with E-state index in [0.717, 1.165) is 51.4 Å². The molecular weight excluding hydrogens is 1090 g/mol. The summed E-state index contributed by atoms with van der Waals surface area (Å²) < 4.78 is 22.9. The van der Waals surface area contributed by atoms with Crippen molar-refractivity contribution in [2.24, 2.45) is 0 Å². The largest absolute Gasteiger partial charge is 0.394 e. The van der Waals surface area contributed by atoms with Gasteiger partial charge in [-0.25, -0.2) is 0 Å². The zero-order valence-electron chi connectivity index (χ0n) is 55.6. The molecule has 0 aliphatic carbocycles. The van der Waals surface area contributed by atoms with Crippen LogP contribution in [0.4, 0.5) is 0 Å². The van der Waals surface area contributed by atoms with Gasteiger partial charge < -0.3 is 65.1 Å². The fourth-order valence-electron chi connectivity index (χ4n) is 12.6. The van der Waals surface area contributed by atoms with Crippen LogP contribution in [0, 0.1) is 0 Å². The molecule has 2 aliphatic rings. The highest BCUT2D eigenvalue weighted by Crippen LogP contribution is 2.30. The lowest BCUT2D eigenvalue weighted by molar-refractivity contribution is -0.359. The minimum atomic E-state index is -1.78. The molecule has 510 valence electrons. The maximum absolute atomic E-state index is 13.4. The first-order valence-electron chi connectivity index (χ1n) is 36.9. The molecule has 14 nitrogen and oxygen atoms in total. The number of rotatable bonds is 62. The number of aliphatic hydroxyl groups excluding tert-OH is 8. The van der Waals surface area contributed by atoms with Gasteiger partial charge in [0.15, 0.2) is 12.6 Å². The van der Waals surface area contributed by atoms with Gasteiger partial charge in [-0.1, -0.05) is 315 Å². The van der Waals surface area contributed by atoms with Crippen molar-refractivity contribution in [2.45, 2.75) is 421 Å². The summed E-state index contributed by atoms with van der Waals surface area (Å²) in [5, 5.41) is 87.7. The van der Waals surface area contributed by atoms with Gasteiger partial charge in [0.2, 0.25) is 5.91 Å². The van der Waals surface area contributed by atoms with Gasteiger partial charge >= 0.3 is 0 Å². The second-order valence-corrected chi connectivity index (χ2v) is 26.4. The number of aliphatic hydroxyl groups is 8. The summed E-state index contributed by atoms with van der Waals surface area (Å²) in [5.74, 6) is -0.202. The topological polar surface area (TPSA) is 228 Å². The quantitative estimate of drug-likeness (QED) is 0.0204. The van der Waals surface area contributed by atoms with Crippen molar-refractivity contribution < 1.29 is 64.6 Å². The smallest absolute Gasteiger partial charge is 0.220 e. The summed E-state index contributed by atoms with van der Waals surface area (Å²) in [6.45, 7) is 2.92. The van der Waals surface area contributed by atoms with Crippen molar-refractivity contribution in [3.05, 3.63) is 12.2 Å². The Bertz CT molecular complexity index is 1490. The van der Waals surface area contributed by atoms with Crippen LogP contribution in [0.3, 0.4) is 0 Å². The maximum atomic E-state index is 13.4. The first-order chi connectivity index (χ1) is 42.1. The number of amides is 1. The highest BCUT2D eigenvalue weighted by Gasteiger charge is 2.51. The van der Waals surface area contributed by atoms with E-state index < -0.39 is 86.8 Å². The van der Waals surface area contributed by atoms with Gasteiger partial charge in [-0.2, -0.15) is 0 Å². The Hall–Kier alpha value is -1.27. The van der Waals surface area contributed by atoms with Gasteiger partial charge in [0, 0.05) is 6.42 Å². The van der Waals surface area contributed by atoms with E-state index in [2.05, 4.69) is 31.3 Å². The SMILES string of the molecule is CCCCCCCCCC/C=C\CCCCCCCCCCCC(=O)NC(COC1OC(CO)C(OC2OC(CO)C(O)C(O)C2O)C(O)C1O)C(O)CCCCCCCCCCCCCCCCCCCCCCCCCCCCCCCCC. The third-order valence-corrected chi connectivity index (χ3v) is 18.5. The van der Waals surface area contributed by atoms with Crippen molar-refractivity contribution in [3.8, 4) is 0 Å². The van der Waals surface area contributed by atoms with E-state index in [0.29, 0.717) is 12.8 Å². The molecule has 0 bridgehead atoms. The molecule has 9 N–H and O–H groups in total. The Morgan fingerprint density at radius 1 is 0.407 bits per heavy atom. The van der Waals surface area contributed by atoms with Crippen LogP contribution in [-0.2, 0) is 23.7 Å². The molecule has 2 saturated heterocycles. The summed E-state index contributed by atoms with van der Waals surface area (Å²) in [6.07, 6.45) is 53.8. The van der Waals surface area contributed by atoms with Crippen molar-refractivity contribution in [1.82, 2.24) is 5.32 Å². The number of unbranched alkanes of at least 4 members (excludes halogenated alkanes) is 47. The molecule has 86 heavy (non-hydrogen) atoms. The van der Waals surface area contributed by atoms with Gasteiger partial charge in [-0.3, -0.25) is 4.79 Å². The number of hydrogen-bond acceptors (Lipinski definition) is 13. The molecule has 14 heteroatoms. The molecular formula is C72H139NO13. The summed E-state index contributed by atoms with van der Waals surface area (Å²) in [5.41, 5.74) is 0. The van der Waals surface area contributed by atoms with Gasteiger partial charge in [-0.15, -0.1) is 0 Å². The van der Waals surface area contributed by atoms with E-state index in [4.69, 9.17) is 18.9 Å². The molecule has 0 spiro atoms. The Morgan fingerprint density at radius 2 is 0.733 bits per heavy atom. The lowest BCUT2D eigenvalue weighted by Crippen LogP contribution is -2.65. The monoisotopic (exact) mass is 1230 g/mol. The number of nitrogens with one attached hydrogen (secondary N) is 1. The standard InChI is InChI=1S/C72H139NO13/c1-3-5-7-9-11-13-15-17-19-21-23-25-26-27-28-29-30-31-32-33-34-36-37-39-41-43-45-47-49-51-53-55-61(76)60(59-83-71-69(82)67(80)70(63(58-75)85-71)86-72-68(81)66(79)65(78)62(57-74)84-72)73-64(77)56-54-52-50-48-46-44-42-40-38-35-24-22-20-18-16-14-12-10-8-6-4-2/h22,24,60-63,65-72,74-76,78-82H,3-21,23,25-59H2,1-2H3,(H,73,77)/b24-22-. The number of allylic oxidation sites excluding steroid dienone is 2. The summed E-state index contributed by atoms with van der Waals surface area (Å²) in [7, 11) is 0. The number of ether oxygens (including phenoxy) is 4. The van der Waals surface area contributed by atoms with Crippen molar-refractivity contribution in [2.75, 3.05) is 19.8 Å². The lowest BCUT2D eigenvalue weighted by Gasteiger charge is -2.46. The Labute approximate surface area is 526 Å². The van der Waals surface area contributed by atoms with E-state index in [1.807, 2.05) is 0 Å². The first-order valence-corrected chi connectivity index (χ1v) is 36.9. The lowest BCUT2D eigenvalue weighted by atomic mass is 9.97. The van der Waals surface area contributed by atoms with Crippen LogP contribution in [0.5, 0.6) is 0 Å². The van der Waals surface area contributed by atoms with E-state index in [1.54, 1.807) is 0 Å². The van der Waals surface area contributed by atoms with Crippen molar-refractivity contribution >= 4 is 5.91 Å². The first kappa shape index (κ1) is 80.8. The summed E-state index contributed by atoms with van der Waals surface area (Å²) in [4.78, 5) is 13.4. The minimum absolute atomic E-state index is 0.202. The molecule has 2 rings (SSSR count). The second-order valence-electron chi connectivity index (χ2n) is 26.4. The Kier molecular flexibility index (Phi) is 54.1. The van der Waals surface area contributed by atoms with Crippen LogP contribution >= 0.6 is 0 Å². The highest BCUT2D eigenvalue weighted by atomic mass is 16.7. The maximum Gasteiger partial charge on any atom is 0.220 e. The van der Waals surface area contributed by atoms with Crippen molar-refractivity contribution in [3.63, 3.8) is 0 Å². The van der Waals surface area contributed by atoms with E-state index >= 15 is 0 Å². The van der Waals surface area contributed by atoms with E-state index in [-0.39, 0.29) is 12.5 Å². The Balaban J connectivity index is 1.63. The van der Waals surface area contributed by atoms with Crippen LogP contribution in [0.1, 0.15) is 348 Å². The second kappa shape index (κ2) is 57.6. The van der Waals surface area contributed by atoms with Gasteiger partial charge in [0.05, 0.1) is 32.0 Å². The Morgan fingerprint density at radius 3 is 1.10 bits per heavy atom. The molecule has 0 saturated carbocycles. The molecule has 2 heterocycles. The van der Waals surface area contributed by atoms with E-state index in [9.17, 15) is 45.6 Å². The number of carbonyl (C=O) groups excluding carboxylic acids is 1. The number of hydrogen-bond donors (Lipinski definition) is 9. The third-order valence-electron chi connectivity index (χ3n) is 18.5. The zero-order chi connectivity index (χ0) is 62.3. The molecule has 0 aromatic rings. The highest BCUT2D eigenvalue weighted by molar-refractivity contribution is 5.76. The molecule has 12 unspecified atom stereocenters. The summed E-state index contributed by atoms with van der Waals surface area (Å²) >= 11 is 0.